The van der Waals surface area contributed by atoms with Crippen LogP contribution in [0.25, 0.3) is 0 Å². The molecule has 1 aromatic carbocycles. The number of aromatic nitrogens is 1. The van der Waals surface area contributed by atoms with Gasteiger partial charge >= 0.3 is 0 Å². The third-order valence-corrected chi connectivity index (χ3v) is 3.91. The third-order valence-electron chi connectivity index (χ3n) is 2.63. The maximum absolute atomic E-state index is 12.0. The molecule has 1 heterocycles. The fourth-order valence-electron chi connectivity index (χ4n) is 1.70. The van der Waals surface area contributed by atoms with Crippen molar-refractivity contribution < 1.29 is 12.9 Å². The van der Waals surface area contributed by atoms with E-state index in [1.165, 1.54) is 0 Å². The first-order chi connectivity index (χ1) is 9.50. The molecule has 0 fully saturated rings. The van der Waals surface area contributed by atoms with E-state index >= 15 is 0 Å². The molecule has 0 spiro atoms. The minimum Gasteiger partial charge on any atom is -0.361 e. The largest absolute Gasteiger partial charge is 0.361 e. The standard InChI is InChI=1S/C13H13N3O3S/c1-10-6-13(16-19-10)8-15-20(17,18)9-12-5-3-2-4-11(12)7-14/h2-6,15H,8-9H2,1H3. The second kappa shape index (κ2) is 5.86. The van der Waals surface area contributed by atoms with Crippen LogP contribution in [-0.4, -0.2) is 13.6 Å². The Bertz CT molecular complexity index is 744. The lowest BCUT2D eigenvalue weighted by Gasteiger charge is -2.06. The highest BCUT2D eigenvalue weighted by molar-refractivity contribution is 7.88. The van der Waals surface area contributed by atoms with Gasteiger partial charge in [0, 0.05) is 6.07 Å². The average molecular weight is 291 g/mol. The Labute approximate surface area is 117 Å². The van der Waals surface area contributed by atoms with Crippen molar-refractivity contribution in [2.45, 2.75) is 19.2 Å². The van der Waals surface area contributed by atoms with Gasteiger partial charge in [0.15, 0.2) is 0 Å². The first-order valence-electron chi connectivity index (χ1n) is 5.88. The second-order valence-corrected chi connectivity index (χ2v) is 6.08. The normalized spacial score (nSPS) is 11.2. The molecule has 104 valence electrons. The molecule has 0 unspecified atom stereocenters. The second-order valence-electron chi connectivity index (χ2n) is 4.28. The first kappa shape index (κ1) is 14.2. The molecule has 1 aromatic heterocycles. The summed E-state index contributed by atoms with van der Waals surface area (Å²) in [5.74, 6) is 0.377. The zero-order valence-corrected chi connectivity index (χ0v) is 11.6. The van der Waals surface area contributed by atoms with E-state index in [4.69, 9.17) is 9.78 Å². The van der Waals surface area contributed by atoms with Crippen molar-refractivity contribution in [2.75, 3.05) is 0 Å². The summed E-state index contributed by atoms with van der Waals surface area (Å²) in [6, 6.07) is 10.2. The molecule has 0 saturated carbocycles. The molecule has 2 aromatic rings. The SMILES string of the molecule is Cc1cc(CNS(=O)(=O)Cc2ccccc2C#N)no1. The highest BCUT2D eigenvalue weighted by Crippen LogP contribution is 2.11. The van der Waals surface area contributed by atoms with Crippen molar-refractivity contribution in [3.63, 3.8) is 0 Å². The fourth-order valence-corrected chi connectivity index (χ4v) is 2.83. The van der Waals surface area contributed by atoms with Gasteiger partial charge in [-0.05, 0) is 18.6 Å². The van der Waals surface area contributed by atoms with Crippen LogP contribution in [0.1, 0.15) is 22.6 Å². The monoisotopic (exact) mass is 291 g/mol. The lowest BCUT2D eigenvalue weighted by atomic mass is 10.1. The van der Waals surface area contributed by atoms with Crippen molar-refractivity contribution in [2.24, 2.45) is 0 Å². The van der Waals surface area contributed by atoms with E-state index in [0.29, 0.717) is 22.6 Å². The molecule has 7 heteroatoms. The van der Waals surface area contributed by atoms with Crippen LogP contribution in [0, 0.1) is 18.3 Å². The highest BCUT2D eigenvalue weighted by atomic mass is 32.2. The molecular formula is C13H13N3O3S. The number of nitriles is 1. The summed E-state index contributed by atoms with van der Waals surface area (Å²) >= 11 is 0. The van der Waals surface area contributed by atoms with Crippen molar-refractivity contribution in [1.29, 1.82) is 5.26 Å². The Balaban J connectivity index is 2.06. The van der Waals surface area contributed by atoms with Crippen LogP contribution in [0.4, 0.5) is 0 Å². The van der Waals surface area contributed by atoms with Crippen molar-refractivity contribution in [3.8, 4) is 6.07 Å². The van der Waals surface area contributed by atoms with Crippen LogP contribution in [0.3, 0.4) is 0 Å². The van der Waals surface area contributed by atoms with E-state index < -0.39 is 10.0 Å². The van der Waals surface area contributed by atoms with E-state index in [-0.39, 0.29) is 12.3 Å². The zero-order valence-electron chi connectivity index (χ0n) is 10.8. The average Bonchev–Trinajstić information content (AvgIpc) is 2.83. The number of sulfonamides is 1. The van der Waals surface area contributed by atoms with Gasteiger partial charge in [-0.25, -0.2) is 13.1 Å². The van der Waals surface area contributed by atoms with Gasteiger partial charge in [0.1, 0.15) is 5.76 Å². The maximum atomic E-state index is 12.0. The van der Waals surface area contributed by atoms with Crippen molar-refractivity contribution in [1.82, 2.24) is 9.88 Å². The number of aryl methyl sites for hydroxylation is 1. The van der Waals surface area contributed by atoms with Crippen LogP contribution < -0.4 is 4.72 Å². The number of nitrogens with one attached hydrogen (secondary N) is 1. The lowest BCUT2D eigenvalue weighted by molar-refractivity contribution is 0.390. The number of rotatable bonds is 5. The Morgan fingerprint density at radius 2 is 2.15 bits per heavy atom. The van der Waals surface area contributed by atoms with Crippen LogP contribution in [0.15, 0.2) is 34.9 Å². The minimum atomic E-state index is -3.54. The number of hydrogen-bond donors (Lipinski definition) is 1. The summed E-state index contributed by atoms with van der Waals surface area (Å²) in [6.45, 7) is 1.79. The molecule has 1 N–H and O–H groups in total. The van der Waals surface area contributed by atoms with E-state index in [0.717, 1.165) is 0 Å². The molecular weight excluding hydrogens is 278 g/mol. The molecule has 0 aliphatic heterocycles. The van der Waals surface area contributed by atoms with Crippen LogP contribution >= 0.6 is 0 Å². The molecule has 0 aliphatic carbocycles. The molecule has 6 nitrogen and oxygen atoms in total. The predicted octanol–water partition coefficient (Wildman–Crippen LogP) is 1.47. The van der Waals surface area contributed by atoms with Gasteiger partial charge in [0.05, 0.1) is 29.6 Å². The van der Waals surface area contributed by atoms with Crippen LogP contribution in [-0.2, 0) is 22.3 Å². The van der Waals surface area contributed by atoms with Gasteiger partial charge in [0.2, 0.25) is 10.0 Å². The van der Waals surface area contributed by atoms with Crippen LogP contribution in [0.5, 0.6) is 0 Å². The minimum absolute atomic E-state index is 0.0639. The van der Waals surface area contributed by atoms with Gasteiger partial charge in [0.25, 0.3) is 0 Å². The molecule has 0 amide bonds. The molecule has 0 radical (unpaired) electrons. The third kappa shape index (κ3) is 3.66. The topological polar surface area (TPSA) is 96.0 Å². The first-order valence-corrected chi connectivity index (χ1v) is 7.53. The quantitative estimate of drug-likeness (QED) is 0.900. The van der Waals surface area contributed by atoms with Gasteiger partial charge in [-0.1, -0.05) is 23.4 Å². The van der Waals surface area contributed by atoms with E-state index in [2.05, 4.69) is 9.88 Å². The number of hydrogen-bond acceptors (Lipinski definition) is 5. The summed E-state index contributed by atoms with van der Waals surface area (Å²) < 4.78 is 31.2. The highest BCUT2D eigenvalue weighted by Gasteiger charge is 2.14. The summed E-state index contributed by atoms with van der Waals surface area (Å²) in [7, 11) is -3.54. The van der Waals surface area contributed by atoms with E-state index in [1.54, 1.807) is 37.3 Å². The number of nitrogens with zero attached hydrogens (tertiary/aromatic N) is 2. The Morgan fingerprint density at radius 3 is 2.80 bits per heavy atom. The fraction of sp³-hybridized carbons (Fsp3) is 0.231. The van der Waals surface area contributed by atoms with Gasteiger partial charge in [-0.3, -0.25) is 0 Å². The van der Waals surface area contributed by atoms with Crippen molar-refractivity contribution >= 4 is 10.0 Å². The zero-order chi connectivity index (χ0) is 14.6. The molecule has 2 rings (SSSR count). The van der Waals surface area contributed by atoms with Gasteiger partial charge in [-0.2, -0.15) is 5.26 Å². The molecule has 0 bridgehead atoms. The molecule has 0 aliphatic rings. The predicted molar refractivity (Wildman–Crippen MR) is 71.9 cm³/mol. The Hall–Kier alpha value is -2.17. The van der Waals surface area contributed by atoms with Gasteiger partial charge in [-0.15, -0.1) is 0 Å². The molecule has 0 saturated heterocycles. The molecule has 0 atom stereocenters. The Morgan fingerprint density at radius 1 is 1.40 bits per heavy atom. The van der Waals surface area contributed by atoms with Gasteiger partial charge < -0.3 is 4.52 Å². The van der Waals surface area contributed by atoms with E-state index in [9.17, 15) is 8.42 Å². The molecule has 20 heavy (non-hydrogen) atoms. The Kier molecular flexibility index (Phi) is 4.17. The smallest absolute Gasteiger partial charge is 0.216 e. The van der Waals surface area contributed by atoms with Crippen molar-refractivity contribution in [3.05, 3.63) is 52.9 Å². The van der Waals surface area contributed by atoms with E-state index in [1.807, 2.05) is 6.07 Å². The van der Waals surface area contributed by atoms with Crippen LogP contribution in [0.2, 0.25) is 0 Å². The summed E-state index contributed by atoms with van der Waals surface area (Å²) in [5.41, 5.74) is 1.34. The number of benzene rings is 1. The lowest BCUT2D eigenvalue weighted by Crippen LogP contribution is -2.25. The maximum Gasteiger partial charge on any atom is 0.216 e. The summed E-state index contributed by atoms with van der Waals surface area (Å²) in [5, 5.41) is 12.6. The summed E-state index contributed by atoms with van der Waals surface area (Å²) in [6.07, 6.45) is 0. The summed E-state index contributed by atoms with van der Waals surface area (Å²) in [4.78, 5) is 0.